The molecule has 0 aliphatic rings. The molecule has 2 rings (SSSR count). The largest absolute Gasteiger partial charge is 0.490 e. The van der Waals surface area contributed by atoms with Gasteiger partial charge in [0.1, 0.15) is 18.4 Å². The van der Waals surface area contributed by atoms with Crippen molar-refractivity contribution < 1.29 is 4.74 Å². The number of nitrogens with zero attached hydrogens (tertiary/aromatic N) is 1. The smallest absolute Gasteiger partial charge is 0.129 e. The van der Waals surface area contributed by atoms with E-state index in [-0.39, 0.29) is 6.04 Å². The molecule has 0 aliphatic heterocycles. The lowest BCUT2D eigenvalue weighted by atomic mass is 10.1. The molecule has 0 saturated heterocycles. The fourth-order valence-electron chi connectivity index (χ4n) is 1.81. The summed E-state index contributed by atoms with van der Waals surface area (Å²) in [6.07, 6.45) is 0. The van der Waals surface area contributed by atoms with Crippen LogP contribution in [0.15, 0.2) is 54.6 Å². The Labute approximate surface area is 113 Å². The SMILES string of the molecule is CNC(C#N)COc1ccccc1-c1ccccc1. The second kappa shape index (κ2) is 6.58. The monoisotopic (exact) mass is 252 g/mol. The van der Waals surface area contributed by atoms with Crippen LogP contribution in [0.5, 0.6) is 5.75 Å². The van der Waals surface area contributed by atoms with E-state index in [9.17, 15) is 0 Å². The quantitative estimate of drug-likeness (QED) is 0.890. The van der Waals surface area contributed by atoms with Gasteiger partial charge in [0.2, 0.25) is 0 Å². The summed E-state index contributed by atoms with van der Waals surface area (Å²) in [7, 11) is 1.75. The molecule has 19 heavy (non-hydrogen) atoms. The van der Waals surface area contributed by atoms with Crippen LogP contribution in [0.1, 0.15) is 0 Å². The number of hydrogen-bond donors (Lipinski definition) is 1. The van der Waals surface area contributed by atoms with Gasteiger partial charge in [0, 0.05) is 5.56 Å². The van der Waals surface area contributed by atoms with Crippen LogP contribution < -0.4 is 10.1 Å². The minimum absolute atomic E-state index is 0.302. The number of likely N-dealkylation sites (N-methyl/N-ethyl adjacent to an activating group) is 1. The second-order valence-corrected chi connectivity index (χ2v) is 4.14. The number of hydrogen-bond acceptors (Lipinski definition) is 3. The van der Waals surface area contributed by atoms with E-state index >= 15 is 0 Å². The molecule has 1 unspecified atom stereocenters. The summed E-state index contributed by atoms with van der Waals surface area (Å²) >= 11 is 0. The highest BCUT2D eigenvalue weighted by Gasteiger charge is 2.08. The summed E-state index contributed by atoms with van der Waals surface area (Å²) in [5.74, 6) is 0.796. The van der Waals surface area contributed by atoms with E-state index in [2.05, 4.69) is 11.4 Å². The lowest BCUT2D eigenvalue weighted by Crippen LogP contribution is -2.29. The van der Waals surface area contributed by atoms with Crippen molar-refractivity contribution in [1.29, 1.82) is 5.26 Å². The molecule has 96 valence electrons. The van der Waals surface area contributed by atoms with Gasteiger partial charge in [0.25, 0.3) is 0 Å². The van der Waals surface area contributed by atoms with Crippen molar-refractivity contribution >= 4 is 0 Å². The average Bonchev–Trinajstić information content (AvgIpc) is 2.49. The summed E-state index contributed by atoms with van der Waals surface area (Å²) in [5.41, 5.74) is 2.15. The van der Waals surface area contributed by atoms with Crippen molar-refractivity contribution in [2.24, 2.45) is 0 Å². The fraction of sp³-hybridized carbons (Fsp3) is 0.188. The predicted octanol–water partition coefficient (Wildman–Crippen LogP) is 2.84. The van der Waals surface area contributed by atoms with Crippen LogP contribution in [0.4, 0.5) is 0 Å². The Morgan fingerprint density at radius 3 is 2.47 bits per heavy atom. The van der Waals surface area contributed by atoms with Gasteiger partial charge in [0.15, 0.2) is 0 Å². The van der Waals surface area contributed by atoms with Gasteiger partial charge in [-0.1, -0.05) is 48.5 Å². The van der Waals surface area contributed by atoms with Gasteiger partial charge in [-0.15, -0.1) is 0 Å². The van der Waals surface area contributed by atoms with Crippen LogP contribution in [-0.4, -0.2) is 19.7 Å². The topological polar surface area (TPSA) is 45.0 Å². The molecule has 0 aromatic heterocycles. The number of ether oxygens (including phenoxy) is 1. The maximum atomic E-state index is 8.90. The maximum Gasteiger partial charge on any atom is 0.129 e. The first-order valence-electron chi connectivity index (χ1n) is 6.19. The van der Waals surface area contributed by atoms with Gasteiger partial charge >= 0.3 is 0 Å². The van der Waals surface area contributed by atoms with E-state index in [0.717, 1.165) is 16.9 Å². The van der Waals surface area contributed by atoms with Crippen molar-refractivity contribution in [3.8, 4) is 22.9 Å². The number of nitriles is 1. The van der Waals surface area contributed by atoms with E-state index in [1.807, 2.05) is 54.6 Å². The number of rotatable bonds is 5. The Kier molecular flexibility index (Phi) is 4.54. The van der Waals surface area contributed by atoms with Crippen LogP contribution in [0, 0.1) is 11.3 Å². The standard InChI is InChI=1S/C16H16N2O/c1-18-14(11-17)12-19-16-10-6-5-9-15(16)13-7-3-2-4-8-13/h2-10,14,18H,12H2,1H3. The fourth-order valence-corrected chi connectivity index (χ4v) is 1.81. The molecule has 0 radical (unpaired) electrons. The summed E-state index contributed by atoms with van der Waals surface area (Å²) in [5, 5.41) is 11.8. The molecule has 0 fully saturated rings. The minimum Gasteiger partial charge on any atom is -0.490 e. The molecule has 2 aromatic rings. The molecule has 0 spiro atoms. The summed E-state index contributed by atoms with van der Waals surface area (Å²) < 4.78 is 5.75. The van der Waals surface area contributed by atoms with Gasteiger partial charge in [-0.25, -0.2) is 0 Å². The van der Waals surface area contributed by atoms with Crippen molar-refractivity contribution in [1.82, 2.24) is 5.32 Å². The summed E-state index contributed by atoms with van der Waals surface area (Å²) in [6, 6.07) is 19.8. The zero-order valence-electron chi connectivity index (χ0n) is 10.8. The van der Waals surface area contributed by atoms with E-state index in [1.165, 1.54) is 0 Å². The molecule has 0 amide bonds. The Bertz CT molecular complexity index is 560. The highest BCUT2D eigenvalue weighted by molar-refractivity contribution is 5.70. The normalized spacial score (nSPS) is 11.6. The van der Waals surface area contributed by atoms with E-state index in [4.69, 9.17) is 10.00 Å². The highest BCUT2D eigenvalue weighted by atomic mass is 16.5. The Hall–Kier alpha value is -2.31. The molecule has 3 heteroatoms. The number of para-hydroxylation sites is 1. The van der Waals surface area contributed by atoms with Crippen molar-refractivity contribution in [2.45, 2.75) is 6.04 Å². The molecule has 2 aromatic carbocycles. The molecule has 1 atom stereocenters. The van der Waals surface area contributed by atoms with E-state index in [1.54, 1.807) is 7.05 Å². The van der Waals surface area contributed by atoms with Crippen LogP contribution in [-0.2, 0) is 0 Å². The highest BCUT2D eigenvalue weighted by Crippen LogP contribution is 2.29. The molecule has 0 saturated carbocycles. The molecule has 0 aliphatic carbocycles. The Morgan fingerprint density at radius 2 is 1.79 bits per heavy atom. The Morgan fingerprint density at radius 1 is 1.11 bits per heavy atom. The van der Waals surface area contributed by atoms with Gasteiger partial charge in [-0.3, -0.25) is 0 Å². The molecule has 0 heterocycles. The molecular formula is C16H16N2O. The third-order valence-corrected chi connectivity index (χ3v) is 2.88. The summed E-state index contributed by atoms with van der Waals surface area (Å²) in [4.78, 5) is 0. The van der Waals surface area contributed by atoms with Gasteiger partial charge in [0.05, 0.1) is 6.07 Å². The molecule has 3 nitrogen and oxygen atoms in total. The number of benzene rings is 2. The van der Waals surface area contributed by atoms with Crippen LogP contribution >= 0.6 is 0 Å². The van der Waals surface area contributed by atoms with Gasteiger partial charge in [-0.05, 0) is 18.7 Å². The second-order valence-electron chi connectivity index (χ2n) is 4.14. The van der Waals surface area contributed by atoms with Crippen LogP contribution in [0.3, 0.4) is 0 Å². The van der Waals surface area contributed by atoms with Gasteiger partial charge in [-0.2, -0.15) is 5.26 Å². The maximum absolute atomic E-state index is 8.90. The molecular weight excluding hydrogens is 236 g/mol. The minimum atomic E-state index is -0.302. The number of nitrogens with one attached hydrogen (secondary N) is 1. The third kappa shape index (κ3) is 3.34. The zero-order valence-corrected chi connectivity index (χ0v) is 10.8. The van der Waals surface area contributed by atoms with Crippen molar-refractivity contribution in [3.05, 3.63) is 54.6 Å². The van der Waals surface area contributed by atoms with Gasteiger partial charge < -0.3 is 10.1 Å². The van der Waals surface area contributed by atoms with E-state index < -0.39 is 0 Å². The van der Waals surface area contributed by atoms with Crippen molar-refractivity contribution in [3.63, 3.8) is 0 Å². The van der Waals surface area contributed by atoms with Crippen LogP contribution in [0.2, 0.25) is 0 Å². The Balaban J connectivity index is 2.20. The summed E-state index contributed by atoms with van der Waals surface area (Å²) in [6.45, 7) is 0.330. The lowest BCUT2D eigenvalue weighted by Gasteiger charge is -2.13. The zero-order chi connectivity index (χ0) is 13.5. The molecule has 1 N–H and O–H groups in total. The average molecular weight is 252 g/mol. The predicted molar refractivity (Wildman–Crippen MR) is 75.8 cm³/mol. The molecule has 0 bridgehead atoms. The lowest BCUT2D eigenvalue weighted by molar-refractivity contribution is 0.296. The van der Waals surface area contributed by atoms with Crippen molar-refractivity contribution in [2.75, 3.05) is 13.7 Å². The first-order chi connectivity index (χ1) is 9.35. The van der Waals surface area contributed by atoms with E-state index in [0.29, 0.717) is 6.61 Å². The van der Waals surface area contributed by atoms with Crippen LogP contribution in [0.25, 0.3) is 11.1 Å². The first kappa shape index (κ1) is 13.1. The third-order valence-electron chi connectivity index (χ3n) is 2.88. The first-order valence-corrected chi connectivity index (χ1v) is 6.19.